The van der Waals surface area contributed by atoms with Gasteiger partial charge in [-0.2, -0.15) is 0 Å². The Morgan fingerprint density at radius 2 is 1.88 bits per heavy atom. The van der Waals surface area contributed by atoms with Crippen molar-refractivity contribution in [3.8, 4) is 5.75 Å². The van der Waals surface area contributed by atoms with Crippen molar-refractivity contribution in [2.45, 2.75) is 57.9 Å². The molecule has 0 radical (unpaired) electrons. The van der Waals surface area contributed by atoms with E-state index in [-0.39, 0.29) is 24.4 Å². The molecule has 0 spiro atoms. The highest BCUT2D eigenvalue weighted by Crippen LogP contribution is 2.23. The number of nitrogens with one attached hydrogen (secondary N) is 3. The van der Waals surface area contributed by atoms with E-state index in [1.807, 2.05) is 24.3 Å². The first-order valence-electron chi connectivity index (χ1n) is 11.4. The zero-order valence-corrected chi connectivity index (χ0v) is 19.3. The molecule has 1 saturated carbocycles. The predicted octanol–water partition coefficient (Wildman–Crippen LogP) is 5.63. The minimum atomic E-state index is -0.195. The molecule has 2 aromatic carbocycles. The van der Waals surface area contributed by atoms with E-state index in [1.165, 1.54) is 6.42 Å². The summed E-state index contributed by atoms with van der Waals surface area (Å²) in [7, 11) is 0. The predicted molar refractivity (Wildman–Crippen MR) is 130 cm³/mol. The summed E-state index contributed by atoms with van der Waals surface area (Å²) < 4.78 is 5.68. The molecule has 2 aromatic rings. The lowest BCUT2D eigenvalue weighted by atomic mass is 9.95. The largest absolute Gasteiger partial charge is 0.494 e. The highest BCUT2D eigenvalue weighted by molar-refractivity contribution is 6.34. The molecule has 7 heteroatoms. The zero-order valence-electron chi connectivity index (χ0n) is 18.6. The molecule has 0 heterocycles. The number of rotatable bonds is 10. The van der Waals surface area contributed by atoms with Crippen molar-refractivity contribution in [2.75, 3.05) is 23.8 Å². The summed E-state index contributed by atoms with van der Waals surface area (Å²) in [4.78, 5) is 25.1. The third-order valence-corrected chi connectivity index (χ3v) is 5.82. The molecule has 0 unspecified atom stereocenters. The van der Waals surface area contributed by atoms with E-state index in [0.29, 0.717) is 28.6 Å². The van der Waals surface area contributed by atoms with Gasteiger partial charge in [-0.3, -0.25) is 9.59 Å². The Labute approximate surface area is 195 Å². The van der Waals surface area contributed by atoms with Gasteiger partial charge >= 0.3 is 0 Å². The summed E-state index contributed by atoms with van der Waals surface area (Å²) in [5, 5.41) is 9.40. The van der Waals surface area contributed by atoms with Crippen LogP contribution < -0.4 is 20.7 Å². The van der Waals surface area contributed by atoms with Crippen LogP contribution in [0, 0.1) is 0 Å². The van der Waals surface area contributed by atoms with E-state index in [1.54, 1.807) is 18.2 Å². The molecule has 6 nitrogen and oxygen atoms in total. The lowest BCUT2D eigenvalue weighted by Gasteiger charge is -2.23. The van der Waals surface area contributed by atoms with Crippen LogP contribution in [0.4, 0.5) is 11.4 Å². The second-order valence-corrected chi connectivity index (χ2v) is 8.54. The molecule has 1 aliphatic carbocycles. The molecule has 1 aliphatic rings. The van der Waals surface area contributed by atoms with E-state index in [4.69, 9.17) is 16.3 Å². The van der Waals surface area contributed by atoms with Crippen LogP contribution in [-0.2, 0) is 4.79 Å². The number of hydrogen-bond donors (Lipinski definition) is 3. The normalized spacial score (nSPS) is 13.9. The fraction of sp³-hybridized carbons (Fsp3) is 0.440. The third kappa shape index (κ3) is 7.45. The molecule has 172 valence electrons. The number of carbonyl (C=O) groups is 2. The number of unbranched alkanes of at least 4 members (excludes halogenated alkanes) is 1. The second kappa shape index (κ2) is 12.3. The summed E-state index contributed by atoms with van der Waals surface area (Å²) in [6, 6.07) is 12.7. The molecule has 0 saturated heterocycles. The molecule has 0 bridgehead atoms. The summed E-state index contributed by atoms with van der Waals surface area (Å²) >= 11 is 6.26. The van der Waals surface area contributed by atoms with Gasteiger partial charge < -0.3 is 20.7 Å². The van der Waals surface area contributed by atoms with E-state index >= 15 is 0 Å². The summed E-state index contributed by atoms with van der Waals surface area (Å²) in [5.74, 6) is 0.365. The maximum Gasteiger partial charge on any atom is 0.253 e. The standard InChI is InChI=1S/C25H32ClN3O3/c1-2-3-14-32-21-11-7-10-20(15-21)28-24(30)17-27-19-12-13-23(26)22(16-19)25(31)29-18-8-5-4-6-9-18/h7,10-13,15-16,18,27H,2-6,8-9,14,17H2,1H3,(H,28,30)(H,29,31). The van der Waals surface area contributed by atoms with Crippen LogP contribution in [0.1, 0.15) is 62.2 Å². The number of anilines is 2. The molecular formula is C25H32ClN3O3. The van der Waals surface area contributed by atoms with Gasteiger partial charge in [-0.25, -0.2) is 0 Å². The molecule has 3 rings (SSSR count). The average Bonchev–Trinajstić information content (AvgIpc) is 2.79. The summed E-state index contributed by atoms with van der Waals surface area (Å²) in [6.45, 7) is 2.83. The minimum Gasteiger partial charge on any atom is -0.494 e. The first kappa shape index (κ1) is 23.9. The van der Waals surface area contributed by atoms with Crippen LogP contribution in [0.25, 0.3) is 0 Å². The van der Waals surface area contributed by atoms with Gasteiger partial charge in [-0.05, 0) is 49.6 Å². The van der Waals surface area contributed by atoms with Crippen LogP contribution in [0.2, 0.25) is 5.02 Å². The van der Waals surface area contributed by atoms with E-state index < -0.39 is 0 Å². The Bertz CT molecular complexity index is 913. The summed E-state index contributed by atoms with van der Waals surface area (Å²) in [5.41, 5.74) is 1.75. The van der Waals surface area contributed by atoms with Crippen molar-refractivity contribution in [2.24, 2.45) is 0 Å². The highest BCUT2D eigenvalue weighted by atomic mass is 35.5. The molecule has 32 heavy (non-hydrogen) atoms. The lowest BCUT2D eigenvalue weighted by Crippen LogP contribution is -2.36. The van der Waals surface area contributed by atoms with Gasteiger partial charge in [0.1, 0.15) is 5.75 Å². The fourth-order valence-electron chi connectivity index (χ4n) is 3.70. The minimum absolute atomic E-state index is 0.0617. The lowest BCUT2D eigenvalue weighted by molar-refractivity contribution is -0.114. The summed E-state index contributed by atoms with van der Waals surface area (Å²) in [6.07, 6.45) is 7.58. The van der Waals surface area contributed by atoms with E-state index in [9.17, 15) is 9.59 Å². The van der Waals surface area contributed by atoms with Gasteiger partial charge in [0, 0.05) is 23.5 Å². The van der Waals surface area contributed by atoms with Crippen molar-refractivity contribution in [3.63, 3.8) is 0 Å². The number of carbonyl (C=O) groups excluding carboxylic acids is 2. The van der Waals surface area contributed by atoms with Crippen molar-refractivity contribution < 1.29 is 14.3 Å². The Morgan fingerprint density at radius 3 is 2.66 bits per heavy atom. The molecule has 1 fully saturated rings. The number of benzene rings is 2. The van der Waals surface area contributed by atoms with Crippen LogP contribution in [0.15, 0.2) is 42.5 Å². The number of hydrogen-bond acceptors (Lipinski definition) is 4. The molecule has 0 aromatic heterocycles. The van der Waals surface area contributed by atoms with Gasteiger partial charge in [-0.1, -0.05) is 50.3 Å². The van der Waals surface area contributed by atoms with Gasteiger partial charge in [0.2, 0.25) is 5.91 Å². The topological polar surface area (TPSA) is 79.5 Å². The number of halogens is 1. The fourth-order valence-corrected chi connectivity index (χ4v) is 3.91. The van der Waals surface area contributed by atoms with Crippen LogP contribution >= 0.6 is 11.6 Å². The Hall–Kier alpha value is -2.73. The van der Waals surface area contributed by atoms with Gasteiger partial charge in [0.25, 0.3) is 5.91 Å². The van der Waals surface area contributed by atoms with E-state index in [0.717, 1.165) is 44.3 Å². The SMILES string of the molecule is CCCCOc1cccc(NC(=O)CNc2ccc(Cl)c(C(=O)NC3CCCCC3)c2)c1. The van der Waals surface area contributed by atoms with Crippen molar-refractivity contribution >= 4 is 34.8 Å². The Kier molecular flexibility index (Phi) is 9.23. The van der Waals surface area contributed by atoms with Crippen molar-refractivity contribution in [1.29, 1.82) is 0 Å². The maximum atomic E-state index is 12.7. The second-order valence-electron chi connectivity index (χ2n) is 8.13. The molecule has 2 amide bonds. The highest BCUT2D eigenvalue weighted by Gasteiger charge is 2.18. The monoisotopic (exact) mass is 457 g/mol. The average molecular weight is 458 g/mol. The first-order chi connectivity index (χ1) is 15.5. The van der Waals surface area contributed by atoms with Crippen molar-refractivity contribution in [1.82, 2.24) is 5.32 Å². The van der Waals surface area contributed by atoms with Gasteiger partial charge in [0.15, 0.2) is 0 Å². The van der Waals surface area contributed by atoms with Crippen LogP contribution in [0.5, 0.6) is 5.75 Å². The quantitative estimate of drug-likeness (QED) is 0.404. The van der Waals surface area contributed by atoms with Gasteiger partial charge in [-0.15, -0.1) is 0 Å². The Morgan fingerprint density at radius 1 is 1.06 bits per heavy atom. The molecule has 0 aliphatic heterocycles. The molecule has 3 N–H and O–H groups in total. The van der Waals surface area contributed by atoms with Gasteiger partial charge in [0.05, 0.1) is 23.7 Å². The first-order valence-corrected chi connectivity index (χ1v) is 11.8. The number of ether oxygens (including phenoxy) is 1. The van der Waals surface area contributed by atoms with Crippen LogP contribution in [-0.4, -0.2) is 31.0 Å². The zero-order chi connectivity index (χ0) is 22.8. The third-order valence-electron chi connectivity index (χ3n) is 5.49. The van der Waals surface area contributed by atoms with E-state index in [2.05, 4.69) is 22.9 Å². The molecule has 0 atom stereocenters. The van der Waals surface area contributed by atoms with Crippen molar-refractivity contribution in [3.05, 3.63) is 53.1 Å². The van der Waals surface area contributed by atoms with Crippen LogP contribution in [0.3, 0.4) is 0 Å². The molecular weight excluding hydrogens is 426 g/mol. The smallest absolute Gasteiger partial charge is 0.253 e. The maximum absolute atomic E-state index is 12.7. The Balaban J connectivity index is 1.52. The number of amides is 2.